The van der Waals surface area contributed by atoms with Crippen LogP contribution in [-0.4, -0.2) is 45.6 Å². The molecule has 9 nitrogen and oxygen atoms in total. The number of sulfonamides is 1. The normalized spacial score (nSPS) is 12.4. The van der Waals surface area contributed by atoms with Crippen LogP contribution in [0.4, 0.5) is 4.79 Å². The van der Waals surface area contributed by atoms with E-state index in [-0.39, 0.29) is 16.5 Å². The third-order valence-corrected chi connectivity index (χ3v) is 4.49. The molecule has 0 saturated carbocycles. The van der Waals surface area contributed by atoms with Crippen LogP contribution in [0.3, 0.4) is 0 Å². The molecule has 1 aromatic rings. The fourth-order valence-electron chi connectivity index (χ4n) is 1.70. The number of ether oxygens (including phenoxy) is 2. The predicted molar refractivity (Wildman–Crippen MR) is 87.3 cm³/mol. The van der Waals surface area contributed by atoms with Gasteiger partial charge < -0.3 is 9.47 Å². The number of carbonyl (C=O) groups excluding carboxylic acids is 3. The maximum Gasteiger partial charge on any atom is 0.413 e. The van der Waals surface area contributed by atoms with Crippen molar-refractivity contribution >= 4 is 28.0 Å². The van der Waals surface area contributed by atoms with Crippen LogP contribution in [-0.2, 0) is 24.3 Å². The monoisotopic (exact) mass is 372 g/mol. The lowest BCUT2D eigenvalue weighted by atomic mass is 10.2. The number of hydrogen-bond acceptors (Lipinski definition) is 7. The Balaban J connectivity index is 2.88. The summed E-state index contributed by atoms with van der Waals surface area (Å²) in [5.41, 5.74) is -0.0515. The van der Waals surface area contributed by atoms with Gasteiger partial charge in [-0.25, -0.2) is 22.7 Å². The molecule has 0 aliphatic rings. The first kappa shape index (κ1) is 20.6. The van der Waals surface area contributed by atoms with Gasteiger partial charge >= 0.3 is 12.1 Å². The first-order valence-corrected chi connectivity index (χ1v) is 8.77. The summed E-state index contributed by atoms with van der Waals surface area (Å²) in [5.74, 6) is -1.78. The highest BCUT2D eigenvalue weighted by molar-refractivity contribution is 7.89. The first-order valence-electron chi connectivity index (χ1n) is 7.29. The molecule has 1 atom stereocenters. The van der Waals surface area contributed by atoms with Gasteiger partial charge in [0.15, 0.2) is 6.10 Å². The molecule has 0 bridgehead atoms. The summed E-state index contributed by atoms with van der Waals surface area (Å²) < 4.78 is 35.8. The zero-order valence-electron chi connectivity index (χ0n) is 14.2. The molecule has 0 fully saturated rings. The molecule has 0 heterocycles. The van der Waals surface area contributed by atoms with E-state index in [9.17, 15) is 22.8 Å². The van der Waals surface area contributed by atoms with Crippen LogP contribution in [0.5, 0.6) is 0 Å². The van der Waals surface area contributed by atoms with Gasteiger partial charge in [0.05, 0.1) is 17.6 Å². The second-order valence-corrected chi connectivity index (χ2v) is 7.05. The minimum atomic E-state index is -3.78. The Hall–Kier alpha value is -2.46. The van der Waals surface area contributed by atoms with Crippen molar-refractivity contribution in [1.82, 2.24) is 10.0 Å². The molecule has 138 valence electrons. The van der Waals surface area contributed by atoms with Crippen molar-refractivity contribution in [1.29, 1.82) is 0 Å². The molecule has 2 N–H and O–H groups in total. The molecule has 0 aromatic heterocycles. The fourth-order valence-corrected chi connectivity index (χ4v) is 3.00. The van der Waals surface area contributed by atoms with Crippen LogP contribution >= 0.6 is 0 Å². The SMILES string of the molecule is COC(=O)NC(=O)[C@H](C)OC(=O)c1cccc(S(=O)(=O)NC(C)C)c1. The van der Waals surface area contributed by atoms with E-state index in [1.54, 1.807) is 13.8 Å². The second-order valence-electron chi connectivity index (χ2n) is 5.33. The number of benzene rings is 1. The summed E-state index contributed by atoms with van der Waals surface area (Å²) >= 11 is 0. The van der Waals surface area contributed by atoms with Gasteiger partial charge in [0.2, 0.25) is 10.0 Å². The lowest BCUT2D eigenvalue weighted by Crippen LogP contribution is -2.39. The third-order valence-electron chi connectivity index (χ3n) is 2.83. The van der Waals surface area contributed by atoms with Crippen molar-refractivity contribution < 1.29 is 32.3 Å². The van der Waals surface area contributed by atoms with Gasteiger partial charge in [-0.15, -0.1) is 0 Å². The van der Waals surface area contributed by atoms with Crippen molar-refractivity contribution in [2.45, 2.75) is 37.8 Å². The molecule has 2 amide bonds. The van der Waals surface area contributed by atoms with Crippen molar-refractivity contribution in [2.75, 3.05) is 7.11 Å². The first-order chi connectivity index (χ1) is 11.6. The summed E-state index contributed by atoms with van der Waals surface area (Å²) in [6.45, 7) is 4.59. The quantitative estimate of drug-likeness (QED) is 0.707. The smallest absolute Gasteiger partial charge is 0.413 e. The molecule has 0 aliphatic carbocycles. The molecule has 0 radical (unpaired) electrons. The summed E-state index contributed by atoms with van der Waals surface area (Å²) in [6.07, 6.45) is -2.26. The number of amides is 2. The highest BCUT2D eigenvalue weighted by Gasteiger charge is 2.22. The Bertz CT molecular complexity index is 759. The Kier molecular flexibility index (Phi) is 7.07. The van der Waals surface area contributed by atoms with Crippen LogP contribution in [0.1, 0.15) is 31.1 Å². The number of methoxy groups -OCH3 is 1. The van der Waals surface area contributed by atoms with Crippen molar-refractivity contribution in [3.63, 3.8) is 0 Å². The number of hydrogen-bond donors (Lipinski definition) is 2. The number of rotatable bonds is 6. The van der Waals surface area contributed by atoms with E-state index in [0.717, 1.165) is 13.2 Å². The van der Waals surface area contributed by atoms with E-state index >= 15 is 0 Å². The largest absolute Gasteiger partial charge is 0.453 e. The van der Waals surface area contributed by atoms with Crippen LogP contribution in [0.15, 0.2) is 29.2 Å². The van der Waals surface area contributed by atoms with Crippen LogP contribution in [0.2, 0.25) is 0 Å². The van der Waals surface area contributed by atoms with Gasteiger partial charge in [0, 0.05) is 6.04 Å². The van der Waals surface area contributed by atoms with E-state index in [0.29, 0.717) is 0 Å². The number of esters is 1. The van der Waals surface area contributed by atoms with Crippen LogP contribution < -0.4 is 10.0 Å². The summed E-state index contributed by atoms with van der Waals surface area (Å²) in [4.78, 5) is 34.6. The minimum Gasteiger partial charge on any atom is -0.453 e. The van der Waals surface area contributed by atoms with Crippen molar-refractivity contribution in [3.8, 4) is 0 Å². The summed E-state index contributed by atoms with van der Waals surface area (Å²) in [6, 6.07) is 4.88. The Morgan fingerprint density at radius 2 is 1.76 bits per heavy atom. The second kappa shape index (κ2) is 8.58. The van der Waals surface area contributed by atoms with E-state index < -0.39 is 34.1 Å². The van der Waals surface area contributed by atoms with Crippen LogP contribution in [0, 0.1) is 0 Å². The van der Waals surface area contributed by atoms with E-state index in [1.807, 2.05) is 5.32 Å². The van der Waals surface area contributed by atoms with Gasteiger partial charge in [-0.05, 0) is 39.0 Å². The van der Waals surface area contributed by atoms with Crippen molar-refractivity contribution in [2.24, 2.45) is 0 Å². The molecule has 0 spiro atoms. The van der Waals surface area contributed by atoms with Gasteiger partial charge in [-0.2, -0.15) is 0 Å². The van der Waals surface area contributed by atoms with Crippen molar-refractivity contribution in [3.05, 3.63) is 29.8 Å². The predicted octanol–water partition coefficient (Wildman–Crippen LogP) is 0.801. The third kappa shape index (κ3) is 6.16. The summed E-state index contributed by atoms with van der Waals surface area (Å²) in [5, 5.41) is 1.86. The molecule has 25 heavy (non-hydrogen) atoms. The molecule has 10 heteroatoms. The van der Waals surface area contributed by atoms with E-state index in [1.165, 1.54) is 25.1 Å². The maximum absolute atomic E-state index is 12.1. The lowest BCUT2D eigenvalue weighted by molar-refractivity contribution is -0.128. The highest BCUT2D eigenvalue weighted by Crippen LogP contribution is 2.13. The maximum atomic E-state index is 12.1. The van der Waals surface area contributed by atoms with Gasteiger partial charge in [-0.1, -0.05) is 6.07 Å². The lowest BCUT2D eigenvalue weighted by Gasteiger charge is -2.13. The van der Waals surface area contributed by atoms with Gasteiger partial charge in [0.1, 0.15) is 0 Å². The van der Waals surface area contributed by atoms with E-state index in [2.05, 4.69) is 9.46 Å². The Morgan fingerprint density at radius 3 is 2.32 bits per heavy atom. The molecule has 0 unspecified atom stereocenters. The highest BCUT2D eigenvalue weighted by atomic mass is 32.2. The standard InChI is InChI=1S/C15H20N2O7S/c1-9(2)17-25(21,22)12-7-5-6-11(8-12)14(19)24-10(3)13(18)16-15(20)23-4/h5-10,17H,1-4H3,(H,16,18,20)/t10-/m0/s1. The molecule has 1 aromatic carbocycles. The topological polar surface area (TPSA) is 128 Å². The summed E-state index contributed by atoms with van der Waals surface area (Å²) in [7, 11) is -2.70. The zero-order valence-corrected chi connectivity index (χ0v) is 15.0. The average Bonchev–Trinajstić information content (AvgIpc) is 2.53. The Morgan fingerprint density at radius 1 is 1.12 bits per heavy atom. The van der Waals surface area contributed by atoms with Gasteiger partial charge in [-0.3, -0.25) is 10.1 Å². The minimum absolute atomic E-state index is 0.0515. The number of nitrogens with one attached hydrogen (secondary N) is 2. The molecule has 1 rings (SSSR count). The number of alkyl carbamates (subject to hydrolysis) is 1. The molecular formula is C15H20N2O7S. The number of imide groups is 1. The average molecular weight is 372 g/mol. The fraction of sp³-hybridized carbons (Fsp3) is 0.400. The molecular weight excluding hydrogens is 352 g/mol. The zero-order chi connectivity index (χ0) is 19.2. The molecule has 0 saturated heterocycles. The number of carbonyl (C=O) groups is 3. The van der Waals surface area contributed by atoms with Crippen LogP contribution in [0.25, 0.3) is 0 Å². The molecule has 0 aliphatic heterocycles. The van der Waals surface area contributed by atoms with Gasteiger partial charge in [0.25, 0.3) is 5.91 Å². The Labute approximate surface area is 145 Å². The van der Waals surface area contributed by atoms with E-state index in [4.69, 9.17) is 4.74 Å².